The third-order valence-corrected chi connectivity index (χ3v) is 2.84. The van der Waals surface area contributed by atoms with Crippen molar-refractivity contribution in [2.45, 2.75) is 0 Å². The minimum Gasteiger partial charge on any atom is -0.492 e. The maximum absolute atomic E-state index is 12.0. The van der Waals surface area contributed by atoms with Gasteiger partial charge < -0.3 is 9.64 Å². The van der Waals surface area contributed by atoms with Crippen LogP contribution in [0.2, 0.25) is 5.15 Å². The van der Waals surface area contributed by atoms with Gasteiger partial charge in [-0.05, 0) is 24.3 Å². The van der Waals surface area contributed by atoms with Crippen LogP contribution >= 0.6 is 11.6 Å². The summed E-state index contributed by atoms with van der Waals surface area (Å²) < 4.78 is 5.53. The van der Waals surface area contributed by atoms with Crippen LogP contribution in [-0.4, -0.2) is 41.2 Å². The van der Waals surface area contributed by atoms with E-state index in [2.05, 4.69) is 10.2 Å². The van der Waals surface area contributed by atoms with Crippen molar-refractivity contribution in [2.75, 3.05) is 20.2 Å². The first kappa shape index (κ1) is 14.3. The Morgan fingerprint density at radius 1 is 1.20 bits per heavy atom. The van der Waals surface area contributed by atoms with Crippen LogP contribution in [0.5, 0.6) is 5.75 Å². The molecule has 0 aliphatic rings. The smallest absolute Gasteiger partial charge is 0.274 e. The molecule has 0 atom stereocenters. The Balaban J connectivity index is 1.84. The molecule has 1 aromatic heterocycles. The number of rotatable bonds is 5. The number of amides is 1. The lowest BCUT2D eigenvalue weighted by molar-refractivity contribution is 0.0767. The third-order valence-electron chi connectivity index (χ3n) is 2.64. The highest BCUT2D eigenvalue weighted by molar-refractivity contribution is 6.29. The number of benzene rings is 1. The Kier molecular flexibility index (Phi) is 4.90. The lowest BCUT2D eigenvalue weighted by Gasteiger charge is -2.16. The topological polar surface area (TPSA) is 55.3 Å². The first-order chi connectivity index (χ1) is 9.66. The SMILES string of the molecule is CN(CCOc1ccccc1)C(=O)c1ccc(Cl)nn1. The van der Waals surface area contributed by atoms with E-state index in [4.69, 9.17) is 16.3 Å². The van der Waals surface area contributed by atoms with Crippen molar-refractivity contribution in [3.05, 3.63) is 53.3 Å². The molecule has 2 rings (SSSR count). The maximum Gasteiger partial charge on any atom is 0.274 e. The first-order valence-corrected chi connectivity index (χ1v) is 6.47. The monoisotopic (exact) mass is 291 g/mol. The molecule has 20 heavy (non-hydrogen) atoms. The van der Waals surface area contributed by atoms with E-state index in [-0.39, 0.29) is 16.8 Å². The summed E-state index contributed by atoms with van der Waals surface area (Å²) in [7, 11) is 1.69. The molecular formula is C14H14ClN3O2. The molecule has 0 N–H and O–H groups in total. The second-order valence-electron chi connectivity index (χ2n) is 4.13. The summed E-state index contributed by atoms with van der Waals surface area (Å²) in [4.78, 5) is 13.6. The van der Waals surface area contributed by atoms with E-state index in [0.29, 0.717) is 13.2 Å². The van der Waals surface area contributed by atoms with E-state index in [1.165, 1.54) is 11.0 Å². The molecule has 0 fully saturated rings. The van der Waals surface area contributed by atoms with Crippen molar-refractivity contribution in [3.8, 4) is 5.75 Å². The number of ether oxygens (including phenoxy) is 1. The maximum atomic E-state index is 12.0. The zero-order valence-electron chi connectivity index (χ0n) is 11.0. The minimum atomic E-state index is -0.217. The lowest BCUT2D eigenvalue weighted by Crippen LogP contribution is -2.31. The molecule has 0 unspecified atom stereocenters. The van der Waals surface area contributed by atoms with E-state index >= 15 is 0 Å². The van der Waals surface area contributed by atoms with Gasteiger partial charge in [0.2, 0.25) is 0 Å². The molecule has 0 aliphatic heterocycles. The number of para-hydroxylation sites is 1. The summed E-state index contributed by atoms with van der Waals surface area (Å²) in [5, 5.41) is 7.66. The molecule has 104 valence electrons. The van der Waals surface area contributed by atoms with E-state index in [9.17, 15) is 4.79 Å². The quantitative estimate of drug-likeness (QED) is 0.848. The molecule has 5 nitrogen and oxygen atoms in total. The second kappa shape index (κ2) is 6.86. The summed E-state index contributed by atoms with van der Waals surface area (Å²) in [5.74, 6) is 0.561. The van der Waals surface area contributed by atoms with Crippen LogP contribution in [0.1, 0.15) is 10.5 Å². The molecular weight excluding hydrogens is 278 g/mol. The largest absolute Gasteiger partial charge is 0.492 e. The van der Waals surface area contributed by atoms with Crippen LogP contribution in [0.4, 0.5) is 0 Å². The number of halogens is 1. The van der Waals surface area contributed by atoms with Crippen molar-refractivity contribution >= 4 is 17.5 Å². The number of carbonyl (C=O) groups excluding carboxylic acids is 1. The zero-order chi connectivity index (χ0) is 14.4. The van der Waals surface area contributed by atoms with E-state index in [0.717, 1.165) is 5.75 Å². The first-order valence-electron chi connectivity index (χ1n) is 6.09. The highest BCUT2D eigenvalue weighted by atomic mass is 35.5. The van der Waals surface area contributed by atoms with E-state index in [1.807, 2.05) is 30.3 Å². The zero-order valence-corrected chi connectivity index (χ0v) is 11.7. The van der Waals surface area contributed by atoms with Gasteiger partial charge >= 0.3 is 0 Å². The molecule has 6 heteroatoms. The van der Waals surface area contributed by atoms with Gasteiger partial charge in [0.25, 0.3) is 5.91 Å². The standard InChI is InChI=1S/C14H14ClN3O2/c1-18(9-10-20-11-5-3-2-4-6-11)14(19)12-7-8-13(15)17-16-12/h2-8H,9-10H2,1H3. The predicted molar refractivity (Wildman–Crippen MR) is 75.9 cm³/mol. The number of likely N-dealkylation sites (N-methyl/N-ethyl adjacent to an activating group) is 1. The van der Waals surface area contributed by atoms with Gasteiger partial charge in [-0.2, -0.15) is 0 Å². The van der Waals surface area contributed by atoms with Crippen LogP contribution in [0.3, 0.4) is 0 Å². The fourth-order valence-corrected chi connectivity index (χ4v) is 1.65. The normalized spacial score (nSPS) is 10.1. The number of hydrogen-bond acceptors (Lipinski definition) is 4. The highest BCUT2D eigenvalue weighted by Gasteiger charge is 2.13. The van der Waals surface area contributed by atoms with Crippen LogP contribution < -0.4 is 4.74 Å². The molecule has 0 saturated carbocycles. The Morgan fingerprint density at radius 3 is 2.60 bits per heavy atom. The van der Waals surface area contributed by atoms with Gasteiger partial charge in [0.1, 0.15) is 12.4 Å². The van der Waals surface area contributed by atoms with Crippen molar-refractivity contribution in [2.24, 2.45) is 0 Å². The van der Waals surface area contributed by atoms with Gasteiger partial charge in [-0.25, -0.2) is 0 Å². The lowest BCUT2D eigenvalue weighted by atomic mass is 10.3. The molecule has 0 spiro atoms. The number of aromatic nitrogens is 2. The molecule has 0 radical (unpaired) electrons. The van der Waals surface area contributed by atoms with Gasteiger partial charge in [0, 0.05) is 7.05 Å². The van der Waals surface area contributed by atoms with E-state index in [1.54, 1.807) is 13.1 Å². The molecule has 1 aromatic carbocycles. The molecule has 0 saturated heterocycles. The average Bonchev–Trinajstić information content (AvgIpc) is 2.48. The average molecular weight is 292 g/mol. The summed E-state index contributed by atoms with van der Waals surface area (Å²) in [6, 6.07) is 12.5. The Labute approximate surface area is 122 Å². The molecule has 2 aromatic rings. The summed E-state index contributed by atoms with van der Waals surface area (Å²) >= 11 is 5.63. The van der Waals surface area contributed by atoms with E-state index < -0.39 is 0 Å². The third kappa shape index (κ3) is 3.93. The molecule has 0 bridgehead atoms. The van der Waals surface area contributed by atoms with Crippen LogP contribution in [0.15, 0.2) is 42.5 Å². The van der Waals surface area contributed by atoms with Gasteiger partial charge in [-0.15, -0.1) is 10.2 Å². The van der Waals surface area contributed by atoms with Crippen molar-refractivity contribution < 1.29 is 9.53 Å². The van der Waals surface area contributed by atoms with Gasteiger partial charge in [-0.3, -0.25) is 4.79 Å². The van der Waals surface area contributed by atoms with Crippen molar-refractivity contribution in [1.82, 2.24) is 15.1 Å². The number of nitrogens with zero attached hydrogens (tertiary/aromatic N) is 3. The minimum absolute atomic E-state index is 0.217. The van der Waals surface area contributed by atoms with Gasteiger partial charge in [-0.1, -0.05) is 29.8 Å². The van der Waals surface area contributed by atoms with Crippen LogP contribution in [0.25, 0.3) is 0 Å². The highest BCUT2D eigenvalue weighted by Crippen LogP contribution is 2.08. The number of carbonyl (C=O) groups is 1. The summed E-state index contributed by atoms with van der Waals surface area (Å²) in [5.41, 5.74) is 0.261. The summed E-state index contributed by atoms with van der Waals surface area (Å²) in [6.07, 6.45) is 0. The van der Waals surface area contributed by atoms with Gasteiger partial charge in [0.15, 0.2) is 10.8 Å². The number of hydrogen-bond donors (Lipinski definition) is 0. The summed E-state index contributed by atoms with van der Waals surface area (Å²) in [6.45, 7) is 0.866. The molecule has 1 heterocycles. The Hall–Kier alpha value is -2.14. The van der Waals surface area contributed by atoms with Gasteiger partial charge in [0.05, 0.1) is 6.54 Å². The second-order valence-corrected chi connectivity index (χ2v) is 4.52. The fourth-order valence-electron chi connectivity index (χ4n) is 1.54. The van der Waals surface area contributed by atoms with Crippen molar-refractivity contribution in [3.63, 3.8) is 0 Å². The van der Waals surface area contributed by atoms with Crippen molar-refractivity contribution in [1.29, 1.82) is 0 Å². The predicted octanol–water partition coefficient (Wildman–Crippen LogP) is 2.28. The molecule has 0 aliphatic carbocycles. The van der Waals surface area contributed by atoms with Crippen LogP contribution in [0, 0.1) is 0 Å². The van der Waals surface area contributed by atoms with Crippen LogP contribution in [-0.2, 0) is 0 Å². The Morgan fingerprint density at radius 2 is 1.95 bits per heavy atom. The molecule has 1 amide bonds. The fraction of sp³-hybridized carbons (Fsp3) is 0.214. The Bertz CT molecular complexity index is 560.